The first-order valence-electron chi connectivity index (χ1n) is 5.88. The van der Waals surface area contributed by atoms with Crippen LogP contribution in [-0.2, 0) is 0 Å². The lowest BCUT2D eigenvalue weighted by atomic mass is 10.0. The van der Waals surface area contributed by atoms with Gasteiger partial charge in [0.2, 0.25) is 0 Å². The molecule has 0 aliphatic carbocycles. The molecule has 2 rings (SSSR count). The van der Waals surface area contributed by atoms with Crippen molar-refractivity contribution in [1.29, 1.82) is 0 Å². The predicted octanol–water partition coefficient (Wildman–Crippen LogP) is 4.10. The van der Waals surface area contributed by atoms with Crippen molar-refractivity contribution in [3.8, 4) is 16.9 Å². The van der Waals surface area contributed by atoms with Gasteiger partial charge in [0.15, 0.2) is 0 Å². The fraction of sp³-hybridized carbons (Fsp3) is 0.133. The minimum atomic E-state index is -1.00. The summed E-state index contributed by atoms with van der Waals surface area (Å²) in [6.07, 6.45) is 0. The van der Waals surface area contributed by atoms with E-state index in [0.29, 0.717) is 17.4 Å². The molecule has 0 bridgehead atoms. The van der Waals surface area contributed by atoms with Crippen LogP contribution < -0.4 is 4.74 Å². The van der Waals surface area contributed by atoms with Crippen LogP contribution in [0.25, 0.3) is 11.1 Å². The van der Waals surface area contributed by atoms with Crippen LogP contribution in [0, 0.1) is 0 Å². The molecule has 0 saturated heterocycles. The Hall–Kier alpha value is -2.00. The van der Waals surface area contributed by atoms with Crippen molar-refractivity contribution in [2.45, 2.75) is 6.92 Å². The summed E-state index contributed by atoms with van der Waals surface area (Å²) in [7, 11) is 0. The van der Waals surface area contributed by atoms with E-state index in [0.717, 1.165) is 11.1 Å². The number of carboxylic acid groups (broad SMARTS) is 1. The summed E-state index contributed by atoms with van der Waals surface area (Å²) < 4.78 is 5.31. The lowest BCUT2D eigenvalue weighted by Gasteiger charge is -2.09. The highest BCUT2D eigenvalue weighted by Gasteiger charge is 2.12. The monoisotopic (exact) mass is 276 g/mol. The van der Waals surface area contributed by atoms with Crippen molar-refractivity contribution < 1.29 is 14.6 Å². The minimum absolute atomic E-state index is 0.161. The number of aromatic carboxylic acids is 1. The Balaban J connectivity index is 2.45. The Morgan fingerprint density at radius 2 is 1.79 bits per heavy atom. The van der Waals surface area contributed by atoms with Gasteiger partial charge in [0.05, 0.1) is 6.61 Å². The normalized spacial score (nSPS) is 10.2. The molecule has 0 radical (unpaired) electrons. The van der Waals surface area contributed by atoms with E-state index in [-0.39, 0.29) is 5.56 Å². The molecular weight excluding hydrogens is 264 g/mol. The molecule has 0 aromatic heterocycles. The second-order valence-electron chi connectivity index (χ2n) is 3.96. The van der Waals surface area contributed by atoms with Crippen LogP contribution in [-0.4, -0.2) is 17.7 Å². The van der Waals surface area contributed by atoms with Gasteiger partial charge in [0.25, 0.3) is 0 Å². The second kappa shape index (κ2) is 5.76. The molecule has 2 aromatic rings. The summed E-state index contributed by atoms with van der Waals surface area (Å²) in [6, 6.07) is 12.4. The van der Waals surface area contributed by atoms with Crippen LogP contribution in [0.4, 0.5) is 0 Å². The Bertz CT molecular complexity index is 591. The molecule has 0 spiro atoms. The number of carboxylic acids is 1. The van der Waals surface area contributed by atoms with Crippen LogP contribution in [0.5, 0.6) is 5.75 Å². The second-order valence-corrected chi connectivity index (χ2v) is 4.39. The summed E-state index contributed by atoms with van der Waals surface area (Å²) in [5, 5.41) is 9.85. The topological polar surface area (TPSA) is 46.5 Å². The fourth-order valence-electron chi connectivity index (χ4n) is 1.80. The van der Waals surface area contributed by atoms with Gasteiger partial charge in [-0.15, -0.1) is 0 Å². The molecule has 2 aromatic carbocycles. The largest absolute Gasteiger partial charge is 0.493 e. The molecule has 3 nitrogen and oxygen atoms in total. The average Bonchev–Trinajstić information content (AvgIpc) is 2.40. The number of ether oxygens (including phenoxy) is 1. The van der Waals surface area contributed by atoms with Crippen LogP contribution in [0.3, 0.4) is 0 Å². The van der Waals surface area contributed by atoms with Crippen molar-refractivity contribution in [2.75, 3.05) is 6.61 Å². The average molecular weight is 277 g/mol. The molecule has 0 aliphatic rings. The maximum atomic E-state index is 11.2. The Labute approximate surface area is 116 Å². The van der Waals surface area contributed by atoms with Crippen LogP contribution in [0.2, 0.25) is 5.02 Å². The standard InChI is InChI=1S/C15H13ClO3/c1-2-19-14-8-5-11(9-13(14)15(17)18)10-3-6-12(16)7-4-10/h3-9H,2H2,1H3,(H,17,18). The van der Waals surface area contributed by atoms with Gasteiger partial charge in [-0.25, -0.2) is 4.79 Å². The number of hydrogen-bond acceptors (Lipinski definition) is 2. The van der Waals surface area contributed by atoms with Crippen molar-refractivity contribution in [3.63, 3.8) is 0 Å². The first kappa shape index (κ1) is 13.4. The summed E-state index contributed by atoms with van der Waals surface area (Å²) in [5.41, 5.74) is 1.89. The van der Waals surface area contributed by atoms with Crippen LogP contribution in [0.1, 0.15) is 17.3 Å². The van der Waals surface area contributed by atoms with Crippen molar-refractivity contribution in [2.24, 2.45) is 0 Å². The summed E-state index contributed by atoms with van der Waals surface area (Å²) >= 11 is 5.83. The highest BCUT2D eigenvalue weighted by Crippen LogP contribution is 2.27. The van der Waals surface area contributed by atoms with E-state index in [2.05, 4.69) is 0 Å². The number of halogens is 1. The van der Waals surface area contributed by atoms with E-state index in [9.17, 15) is 9.90 Å². The minimum Gasteiger partial charge on any atom is -0.493 e. The highest BCUT2D eigenvalue weighted by molar-refractivity contribution is 6.30. The van der Waals surface area contributed by atoms with Crippen LogP contribution >= 0.6 is 11.6 Å². The SMILES string of the molecule is CCOc1ccc(-c2ccc(Cl)cc2)cc1C(=O)O. The van der Waals surface area contributed by atoms with E-state index >= 15 is 0 Å². The van der Waals surface area contributed by atoms with Gasteiger partial charge in [-0.3, -0.25) is 0 Å². The molecule has 0 aliphatic heterocycles. The van der Waals surface area contributed by atoms with Crippen LogP contribution in [0.15, 0.2) is 42.5 Å². The number of hydrogen-bond donors (Lipinski definition) is 1. The zero-order valence-corrected chi connectivity index (χ0v) is 11.1. The van der Waals surface area contributed by atoms with Crippen molar-refractivity contribution >= 4 is 17.6 Å². The smallest absolute Gasteiger partial charge is 0.339 e. The number of benzene rings is 2. The third-order valence-corrected chi connectivity index (χ3v) is 2.94. The zero-order chi connectivity index (χ0) is 13.8. The molecule has 0 saturated carbocycles. The molecule has 19 heavy (non-hydrogen) atoms. The quantitative estimate of drug-likeness (QED) is 0.914. The van der Waals surface area contributed by atoms with E-state index in [4.69, 9.17) is 16.3 Å². The van der Waals surface area contributed by atoms with Gasteiger partial charge in [0.1, 0.15) is 11.3 Å². The summed E-state index contributed by atoms with van der Waals surface area (Å²) in [4.78, 5) is 11.2. The van der Waals surface area contributed by atoms with Gasteiger partial charge in [-0.2, -0.15) is 0 Å². The molecule has 0 unspecified atom stereocenters. The zero-order valence-electron chi connectivity index (χ0n) is 10.4. The molecular formula is C15H13ClO3. The van der Waals surface area contributed by atoms with Gasteiger partial charge in [-0.1, -0.05) is 29.8 Å². The summed E-state index contributed by atoms with van der Waals surface area (Å²) in [5.74, 6) is -0.619. The van der Waals surface area contributed by atoms with Gasteiger partial charge in [0, 0.05) is 5.02 Å². The molecule has 0 amide bonds. The van der Waals surface area contributed by atoms with Crippen molar-refractivity contribution in [3.05, 3.63) is 53.1 Å². The third kappa shape index (κ3) is 3.06. The van der Waals surface area contributed by atoms with Gasteiger partial charge < -0.3 is 9.84 Å². The Kier molecular flexibility index (Phi) is 4.07. The van der Waals surface area contributed by atoms with E-state index < -0.39 is 5.97 Å². The Morgan fingerprint density at radius 1 is 1.16 bits per heavy atom. The van der Waals surface area contributed by atoms with E-state index in [1.807, 2.05) is 25.1 Å². The highest BCUT2D eigenvalue weighted by atomic mass is 35.5. The fourth-order valence-corrected chi connectivity index (χ4v) is 1.93. The first-order valence-corrected chi connectivity index (χ1v) is 6.25. The maximum Gasteiger partial charge on any atom is 0.339 e. The lowest BCUT2D eigenvalue weighted by Crippen LogP contribution is -2.03. The van der Waals surface area contributed by atoms with Gasteiger partial charge >= 0.3 is 5.97 Å². The summed E-state index contributed by atoms with van der Waals surface area (Å²) in [6.45, 7) is 2.25. The lowest BCUT2D eigenvalue weighted by molar-refractivity contribution is 0.0692. The third-order valence-electron chi connectivity index (χ3n) is 2.69. The Morgan fingerprint density at radius 3 is 2.37 bits per heavy atom. The number of carbonyl (C=O) groups is 1. The molecule has 0 atom stereocenters. The van der Waals surface area contributed by atoms with Crippen molar-refractivity contribution in [1.82, 2.24) is 0 Å². The molecule has 98 valence electrons. The maximum absolute atomic E-state index is 11.2. The molecule has 4 heteroatoms. The molecule has 1 N–H and O–H groups in total. The molecule has 0 fully saturated rings. The first-order chi connectivity index (χ1) is 9.11. The van der Waals surface area contributed by atoms with Gasteiger partial charge in [-0.05, 0) is 42.3 Å². The number of rotatable bonds is 4. The predicted molar refractivity (Wildman–Crippen MR) is 75.0 cm³/mol. The molecule has 0 heterocycles. The van der Waals surface area contributed by atoms with E-state index in [1.165, 1.54) is 0 Å². The van der Waals surface area contributed by atoms with E-state index in [1.54, 1.807) is 24.3 Å².